The lowest BCUT2D eigenvalue weighted by Gasteiger charge is -2.49. The lowest BCUT2D eigenvalue weighted by atomic mass is 9.57. The molecule has 0 aromatic heterocycles. The number of rotatable bonds is 0. The van der Waals surface area contributed by atoms with Gasteiger partial charge in [0, 0.05) is 0 Å². The van der Waals surface area contributed by atoms with Crippen molar-refractivity contribution in [3.8, 4) is 0 Å². The number of fused-ring (bicyclic) bond motifs is 2. The number of carbonyl (C=O) groups is 2. The summed E-state index contributed by atoms with van der Waals surface area (Å²) < 4.78 is 5.22. The summed E-state index contributed by atoms with van der Waals surface area (Å²) in [6.07, 6.45) is 5.13. The van der Waals surface area contributed by atoms with Crippen LogP contribution in [-0.4, -0.2) is 23.1 Å². The molecule has 0 radical (unpaired) electrons. The first-order valence-corrected chi connectivity index (χ1v) is 9.01. The molecule has 5 fully saturated rings. The van der Waals surface area contributed by atoms with Crippen LogP contribution in [0.4, 0.5) is 0 Å². The minimum atomic E-state index is -0.910. The number of aliphatic hydroxyl groups excluding tert-OH is 1. The Morgan fingerprint density at radius 2 is 2.00 bits per heavy atom. The Morgan fingerprint density at radius 3 is 2.78 bits per heavy atom. The average molecular weight is 316 g/mol. The van der Waals surface area contributed by atoms with E-state index in [9.17, 15) is 14.7 Å². The van der Waals surface area contributed by atoms with Gasteiger partial charge >= 0.3 is 11.9 Å². The maximum atomic E-state index is 12.8. The van der Waals surface area contributed by atoms with Crippen molar-refractivity contribution in [2.24, 2.45) is 40.4 Å². The molecule has 1 spiro atoms. The number of allylic oxidation sites excluding steroid dienone is 1. The van der Waals surface area contributed by atoms with Crippen LogP contribution in [0.2, 0.25) is 0 Å². The van der Waals surface area contributed by atoms with Crippen molar-refractivity contribution in [2.45, 2.75) is 51.6 Å². The Hall–Kier alpha value is -1.16. The van der Waals surface area contributed by atoms with E-state index in [1.165, 1.54) is 12.0 Å². The Kier molecular flexibility index (Phi) is 2.52. The van der Waals surface area contributed by atoms with E-state index in [-0.39, 0.29) is 23.2 Å². The Balaban J connectivity index is 1.70. The third-order valence-corrected chi connectivity index (χ3v) is 8.33. The molecule has 8 unspecified atom stereocenters. The normalized spacial score (nSPS) is 57.0. The van der Waals surface area contributed by atoms with Crippen LogP contribution in [0.5, 0.6) is 0 Å². The largest absolute Gasteiger partial charge is 0.392 e. The van der Waals surface area contributed by atoms with Crippen LogP contribution >= 0.6 is 0 Å². The van der Waals surface area contributed by atoms with Gasteiger partial charge in [-0.15, -0.1) is 0 Å². The predicted octanol–water partition coefficient (Wildman–Crippen LogP) is 2.46. The molecular weight excluding hydrogens is 292 g/mol. The minimum Gasteiger partial charge on any atom is -0.392 e. The number of hydrogen-bond donors (Lipinski definition) is 1. The molecule has 4 aliphatic carbocycles. The molecule has 1 aliphatic heterocycles. The zero-order valence-electron chi connectivity index (χ0n) is 13.6. The molecule has 4 nitrogen and oxygen atoms in total. The van der Waals surface area contributed by atoms with Gasteiger partial charge in [-0.3, -0.25) is 9.59 Å². The van der Waals surface area contributed by atoms with E-state index >= 15 is 0 Å². The lowest BCUT2D eigenvalue weighted by molar-refractivity contribution is -0.201. The van der Waals surface area contributed by atoms with Crippen molar-refractivity contribution in [3.63, 3.8) is 0 Å². The van der Waals surface area contributed by atoms with Crippen LogP contribution < -0.4 is 0 Å². The Bertz CT molecular complexity index is 639. The van der Waals surface area contributed by atoms with Gasteiger partial charge in [0.25, 0.3) is 0 Å². The fourth-order valence-corrected chi connectivity index (χ4v) is 7.42. The fourth-order valence-electron chi connectivity index (χ4n) is 7.42. The van der Waals surface area contributed by atoms with Crippen molar-refractivity contribution in [1.82, 2.24) is 0 Å². The number of ether oxygens (including phenoxy) is 1. The van der Waals surface area contributed by atoms with Crippen LogP contribution in [0.15, 0.2) is 12.2 Å². The van der Waals surface area contributed by atoms with Gasteiger partial charge in [0.15, 0.2) is 0 Å². The van der Waals surface area contributed by atoms with Crippen molar-refractivity contribution in [2.75, 3.05) is 0 Å². The van der Waals surface area contributed by atoms with Crippen molar-refractivity contribution in [1.29, 1.82) is 0 Å². The Labute approximate surface area is 136 Å². The summed E-state index contributed by atoms with van der Waals surface area (Å²) in [5.74, 6) is 0.300. The second-order valence-corrected chi connectivity index (χ2v) is 8.90. The van der Waals surface area contributed by atoms with Crippen LogP contribution in [0.25, 0.3) is 0 Å². The monoisotopic (exact) mass is 316 g/mol. The van der Waals surface area contributed by atoms with E-state index in [2.05, 4.69) is 6.58 Å². The number of cyclic esters (lactones) is 2. The summed E-state index contributed by atoms with van der Waals surface area (Å²) in [5, 5.41) is 10.6. The van der Waals surface area contributed by atoms with Gasteiger partial charge in [0.05, 0.1) is 17.4 Å². The summed E-state index contributed by atoms with van der Waals surface area (Å²) in [4.78, 5) is 25.3. The second kappa shape index (κ2) is 4.08. The van der Waals surface area contributed by atoms with E-state index in [0.717, 1.165) is 25.7 Å². The third kappa shape index (κ3) is 1.39. The predicted molar refractivity (Wildman–Crippen MR) is 81.9 cm³/mol. The highest BCUT2D eigenvalue weighted by Gasteiger charge is 2.75. The number of esters is 2. The van der Waals surface area contributed by atoms with Gasteiger partial charge in [0.1, 0.15) is 0 Å². The summed E-state index contributed by atoms with van der Waals surface area (Å²) in [5.41, 5.74) is 0.323. The van der Waals surface area contributed by atoms with E-state index < -0.39 is 17.5 Å². The highest BCUT2D eigenvalue weighted by molar-refractivity contribution is 5.95. The standard InChI is InChI=1S/C19H24O4/c1-9-7-19-8-10(9)3-5-12(19)11-4-6-13(20)18(2)14(11)15(19)16(21)23-17(18)22/h10-15,20H,1,3-8H2,2H3. The molecule has 23 heavy (non-hydrogen) atoms. The van der Waals surface area contributed by atoms with Gasteiger partial charge < -0.3 is 9.84 Å². The molecular formula is C19H24O4. The zero-order valence-corrected chi connectivity index (χ0v) is 13.6. The number of aliphatic hydroxyl groups is 1. The number of hydrogen-bond acceptors (Lipinski definition) is 4. The average Bonchev–Trinajstić information content (AvgIpc) is 2.93. The molecule has 2 bridgehead atoms. The molecule has 4 saturated carbocycles. The smallest absolute Gasteiger partial charge is 0.322 e. The minimum absolute atomic E-state index is 0.0466. The van der Waals surface area contributed by atoms with E-state index in [1.54, 1.807) is 0 Å². The molecule has 124 valence electrons. The van der Waals surface area contributed by atoms with Gasteiger partial charge in [-0.1, -0.05) is 12.2 Å². The molecule has 5 rings (SSSR count). The van der Waals surface area contributed by atoms with Gasteiger partial charge in [-0.05, 0) is 74.5 Å². The summed E-state index contributed by atoms with van der Waals surface area (Å²) in [7, 11) is 0. The van der Waals surface area contributed by atoms with Gasteiger partial charge in [-0.25, -0.2) is 0 Å². The molecule has 1 saturated heterocycles. The molecule has 0 aromatic rings. The summed E-state index contributed by atoms with van der Waals surface area (Å²) in [6.45, 7) is 6.12. The van der Waals surface area contributed by atoms with E-state index in [0.29, 0.717) is 24.2 Å². The molecule has 5 aliphatic rings. The SMILES string of the molecule is C=C1CC23CC1CCC2C1CCC(O)C2(C)C(=O)OC(=O)C3C12. The fraction of sp³-hybridized carbons (Fsp3) is 0.789. The number of carbonyl (C=O) groups excluding carboxylic acids is 2. The molecule has 8 atom stereocenters. The summed E-state index contributed by atoms with van der Waals surface area (Å²) >= 11 is 0. The van der Waals surface area contributed by atoms with Crippen LogP contribution in [0.1, 0.15) is 45.4 Å². The zero-order chi connectivity index (χ0) is 16.1. The molecule has 0 amide bonds. The van der Waals surface area contributed by atoms with Crippen molar-refractivity contribution in [3.05, 3.63) is 12.2 Å². The van der Waals surface area contributed by atoms with Crippen LogP contribution in [0, 0.1) is 40.4 Å². The van der Waals surface area contributed by atoms with Crippen molar-refractivity contribution < 1.29 is 19.4 Å². The van der Waals surface area contributed by atoms with Crippen molar-refractivity contribution >= 4 is 11.9 Å². The molecule has 0 aromatic carbocycles. The highest BCUT2D eigenvalue weighted by atomic mass is 16.6. The van der Waals surface area contributed by atoms with Crippen LogP contribution in [0.3, 0.4) is 0 Å². The first-order valence-electron chi connectivity index (χ1n) is 9.01. The first kappa shape index (κ1) is 14.2. The molecule has 4 heteroatoms. The van der Waals surface area contributed by atoms with Gasteiger partial charge in [0.2, 0.25) is 0 Å². The Morgan fingerprint density at radius 1 is 1.22 bits per heavy atom. The maximum absolute atomic E-state index is 12.8. The second-order valence-electron chi connectivity index (χ2n) is 8.90. The first-order chi connectivity index (χ1) is 10.9. The third-order valence-electron chi connectivity index (χ3n) is 8.33. The quantitative estimate of drug-likeness (QED) is 0.423. The maximum Gasteiger partial charge on any atom is 0.322 e. The molecule has 1 heterocycles. The topological polar surface area (TPSA) is 63.6 Å². The van der Waals surface area contributed by atoms with E-state index in [4.69, 9.17) is 4.74 Å². The lowest BCUT2D eigenvalue weighted by Crippen LogP contribution is -2.59. The van der Waals surface area contributed by atoms with Gasteiger partial charge in [-0.2, -0.15) is 0 Å². The summed E-state index contributed by atoms with van der Waals surface area (Å²) in [6, 6.07) is 0. The van der Waals surface area contributed by atoms with Crippen LogP contribution in [-0.2, 0) is 14.3 Å². The highest BCUT2D eigenvalue weighted by Crippen LogP contribution is 2.74. The van der Waals surface area contributed by atoms with E-state index in [1.807, 2.05) is 6.92 Å². The molecule has 1 N–H and O–H groups in total.